The molecule has 3 aromatic rings. The average molecular weight is 364 g/mol. The summed E-state index contributed by atoms with van der Waals surface area (Å²) in [4.78, 5) is 14.9. The number of nitrogens with one attached hydrogen (secondary N) is 1. The quantitative estimate of drug-likeness (QED) is 0.759. The fraction of sp³-hybridized carbons (Fsp3) is 0.238. The second-order valence-electron chi connectivity index (χ2n) is 6.74. The standard InChI is InChI=1S/C21H21FN4O/c1-25-20(15-4-6-16(22)7-5-15)14-19(24-25)21(27)23-17-8-10-18(11-9-17)26-12-2-3-13-26/h4-11,14H,2-3,12-13H2,1H3,(H,23,27). The molecule has 1 aliphatic heterocycles. The maximum absolute atomic E-state index is 13.1. The summed E-state index contributed by atoms with van der Waals surface area (Å²) in [6.07, 6.45) is 2.46. The molecule has 2 aromatic carbocycles. The molecule has 27 heavy (non-hydrogen) atoms. The largest absolute Gasteiger partial charge is 0.372 e. The maximum Gasteiger partial charge on any atom is 0.276 e. The topological polar surface area (TPSA) is 50.2 Å². The van der Waals surface area contributed by atoms with E-state index in [0.29, 0.717) is 5.69 Å². The number of carbonyl (C=O) groups excluding carboxylic acids is 1. The SMILES string of the molecule is Cn1nc(C(=O)Nc2ccc(N3CCCC3)cc2)cc1-c1ccc(F)cc1. The number of hydrogen-bond acceptors (Lipinski definition) is 3. The first-order valence-electron chi connectivity index (χ1n) is 9.06. The van der Waals surface area contributed by atoms with Crippen LogP contribution in [0.15, 0.2) is 54.6 Å². The molecule has 0 spiro atoms. The van der Waals surface area contributed by atoms with Crippen LogP contribution in [0.3, 0.4) is 0 Å². The summed E-state index contributed by atoms with van der Waals surface area (Å²) in [6, 6.07) is 15.7. The van der Waals surface area contributed by atoms with Gasteiger partial charge in [0.15, 0.2) is 5.69 Å². The van der Waals surface area contributed by atoms with Crippen molar-refractivity contribution in [2.24, 2.45) is 7.05 Å². The lowest BCUT2D eigenvalue weighted by atomic mass is 10.1. The number of hydrogen-bond donors (Lipinski definition) is 1. The second-order valence-corrected chi connectivity index (χ2v) is 6.74. The predicted molar refractivity (Wildman–Crippen MR) is 104 cm³/mol. The number of aromatic nitrogens is 2. The van der Waals surface area contributed by atoms with Crippen LogP contribution in [0.2, 0.25) is 0 Å². The number of aryl methyl sites for hydroxylation is 1. The Morgan fingerprint density at radius 1 is 1.04 bits per heavy atom. The summed E-state index contributed by atoms with van der Waals surface area (Å²) in [5.41, 5.74) is 3.80. The fourth-order valence-electron chi connectivity index (χ4n) is 3.40. The summed E-state index contributed by atoms with van der Waals surface area (Å²) in [5.74, 6) is -0.566. The maximum atomic E-state index is 13.1. The minimum atomic E-state index is -0.295. The van der Waals surface area contributed by atoms with Gasteiger partial charge in [-0.1, -0.05) is 0 Å². The van der Waals surface area contributed by atoms with Crippen LogP contribution in [-0.4, -0.2) is 28.8 Å². The van der Waals surface area contributed by atoms with Crippen LogP contribution in [0.25, 0.3) is 11.3 Å². The molecule has 0 bridgehead atoms. The highest BCUT2D eigenvalue weighted by atomic mass is 19.1. The first-order chi connectivity index (χ1) is 13.1. The van der Waals surface area contributed by atoms with Gasteiger partial charge in [0, 0.05) is 31.5 Å². The van der Waals surface area contributed by atoms with Crippen LogP contribution >= 0.6 is 0 Å². The molecule has 0 radical (unpaired) electrons. The van der Waals surface area contributed by atoms with Gasteiger partial charge in [-0.15, -0.1) is 0 Å². The third-order valence-corrected chi connectivity index (χ3v) is 4.85. The Bertz CT molecular complexity index is 941. The molecule has 1 amide bonds. The van der Waals surface area contributed by atoms with Gasteiger partial charge in [0.1, 0.15) is 5.82 Å². The monoisotopic (exact) mass is 364 g/mol. The van der Waals surface area contributed by atoms with E-state index in [1.807, 2.05) is 24.3 Å². The molecule has 0 unspecified atom stereocenters. The van der Waals surface area contributed by atoms with Gasteiger partial charge in [-0.25, -0.2) is 4.39 Å². The number of carbonyl (C=O) groups is 1. The van der Waals surface area contributed by atoms with E-state index in [2.05, 4.69) is 15.3 Å². The molecule has 5 nitrogen and oxygen atoms in total. The van der Waals surface area contributed by atoms with E-state index in [-0.39, 0.29) is 11.7 Å². The Balaban J connectivity index is 1.48. The van der Waals surface area contributed by atoms with Crippen LogP contribution in [0.4, 0.5) is 15.8 Å². The van der Waals surface area contributed by atoms with Gasteiger partial charge >= 0.3 is 0 Å². The van der Waals surface area contributed by atoms with Crippen molar-refractivity contribution in [2.45, 2.75) is 12.8 Å². The molecule has 138 valence electrons. The van der Waals surface area contributed by atoms with E-state index >= 15 is 0 Å². The van der Waals surface area contributed by atoms with Gasteiger partial charge in [-0.2, -0.15) is 5.10 Å². The third kappa shape index (κ3) is 3.69. The molecular weight excluding hydrogens is 343 g/mol. The van der Waals surface area contributed by atoms with Crippen molar-refractivity contribution >= 4 is 17.3 Å². The Labute approximate surface area is 157 Å². The van der Waals surface area contributed by atoms with Crippen LogP contribution < -0.4 is 10.2 Å². The minimum absolute atomic E-state index is 0.270. The van der Waals surface area contributed by atoms with E-state index in [1.54, 1.807) is 29.9 Å². The van der Waals surface area contributed by atoms with E-state index in [4.69, 9.17) is 0 Å². The molecule has 0 aliphatic carbocycles. The summed E-state index contributed by atoms with van der Waals surface area (Å²) < 4.78 is 14.7. The Kier molecular flexibility index (Phi) is 4.62. The van der Waals surface area contributed by atoms with E-state index < -0.39 is 0 Å². The minimum Gasteiger partial charge on any atom is -0.372 e. The van der Waals surface area contributed by atoms with E-state index in [0.717, 1.165) is 30.0 Å². The summed E-state index contributed by atoms with van der Waals surface area (Å²) in [6.45, 7) is 2.18. The summed E-state index contributed by atoms with van der Waals surface area (Å²) in [5, 5.41) is 7.17. The number of anilines is 2. The summed E-state index contributed by atoms with van der Waals surface area (Å²) >= 11 is 0. The van der Waals surface area contributed by atoms with E-state index in [1.165, 1.54) is 30.7 Å². The van der Waals surface area contributed by atoms with Gasteiger partial charge in [0.2, 0.25) is 0 Å². The zero-order chi connectivity index (χ0) is 18.8. The van der Waals surface area contributed by atoms with E-state index in [9.17, 15) is 9.18 Å². The molecular formula is C21H21FN4O. The second kappa shape index (κ2) is 7.23. The smallest absolute Gasteiger partial charge is 0.276 e. The van der Waals surface area contributed by atoms with Crippen molar-refractivity contribution in [1.29, 1.82) is 0 Å². The molecule has 1 aromatic heterocycles. The van der Waals surface area contributed by atoms with Gasteiger partial charge in [-0.3, -0.25) is 9.48 Å². The molecule has 1 N–H and O–H groups in total. The van der Waals surface area contributed by atoms with Gasteiger partial charge in [-0.05, 0) is 73.0 Å². The molecule has 6 heteroatoms. The van der Waals surface area contributed by atoms with Crippen molar-refractivity contribution in [3.8, 4) is 11.3 Å². The van der Waals surface area contributed by atoms with Crippen LogP contribution in [0.1, 0.15) is 23.3 Å². The molecule has 1 saturated heterocycles. The van der Waals surface area contributed by atoms with Gasteiger partial charge in [0.25, 0.3) is 5.91 Å². The summed E-state index contributed by atoms with van der Waals surface area (Å²) in [7, 11) is 1.76. The highest BCUT2D eigenvalue weighted by molar-refractivity contribution is 6.03. The Hall–Kier alpha value is -3.15. The van der Waals surface area contributed by atoms with Crippen molar-refractivity contribution in [3.63, 3.8) is 0 Å². The van der Waals surface area contributed by atoms with Crippen LogP contribution in [0, 0.1) is 5.82 Å². The number of nitrogens with zero attached hydrogens (tertiary/aromatic N) is 3. The van der Waals surface area contributed by atoms with Crippen molar-refractivity contribution in [3.05, 3.63) is 66.1 Å². The molecule has 0 saturated carbocycles. The number of benzene rings is 2. The van der Waals surface area contributed by atoms with Gasteiger partial charge in [0.05, 0.1) is 5.69 Å². The number of rotatable bonds is 4. The number of halogens is 1. The third-order valence-electron chi connectivity index (χ3n) is 4.85. The molecule has 0 atom stereocenters. The Morgan fingerprint density at radius 2 is 1.70 bits per heavy atom. The lowest BCUT2D eigenvalue weighted by Crippen LogP contribution is -2.17. The van der Waals surface area contributed by atoms with Crippen LogP contribution in [-0.2, 0) is 7.05 Å². The molecule has 1 aliphatic rings. The zero-order valence-electron chi connectivity index (χ0n) is 15.2. The highest BCUT2D eigenvalue weighted by Crippen LogP contribution is 2.23. The zero-order valence-corrected chi connectivity index (χ0v) is 15.2. The molecule has 1 fully saturated rings. The lowest BCUT2D eigenvalue weighted by Gasteiger charge is -2.17. The fourth-order valence-corrected chi connectivity index (χ4v) is 3.40. The van der Waals surface area contributed by atoms with Crippen LogP contribution in [0.5, 0.6) is 0 Å². The van der Waals surface area contributed by atoms with Crippen molar-refractivity contribution in [1.82, 2.24) is 9.78 Å². The number of amides is 1. The van der Waals surface area contributed by atoms with Gasteiger partial charge < -0.3 is 10.2 Å². The lowest BCUT2D eigenvalue weighted by molar-refractivity contribution is 0.102. The van der Waals surface area contributed by atoms with Crippen molar-refractivity contribution in [2.75, 3.05) is 23.3 Å². The normalized spacial score (nSPS) is 13.8. The first-order valence-corrected chi connectivity index (χ1v) is 9.06. The first kappa shape index (κ1) is 17.3. The van der Waals surface area contributed by atoms with Crippen molar-refractivity contribution < 1.29 is 9.18 Å². The average Bonchev–Trinajstić information content (AvgIpc) is 3.33. The molecule has 4 rings (SSSR count). The Morgan fingerprint density at radius 3 is 2.37 bits per heavy atom. The predicted octanol–water partition coefficient (Wildman–Crippen LogP) is 4.08. The highest BCUT2D eigenvalue weighted by Gasteiger charge is 2.15. The molecule has 2 heterocycles.